The quantitative estimate of drug-likeness (QED) is 0.724. The van der Waals surface area contributed by atoms with Crippen LogP contribution < -0.4 is 5.32 Å². The largest absolute Gasteiger partial charge is 0.392 e. The Hall–Kier alpha value is -0.0800. The normalized spacial score (nSPS) is 42.9. The highest BCUT2D eigenvalue weighted by atomic mass is 16.3. The van der Waals surface area contributed by atoms with E-state index < -0.39 is 0 Å². The van der Waals surface area contributed by atoms with Crippen LogP contribution in [-0.2, 0) is 0 Å². The molecule has 0 heterocycles. The Morgan fingerprint density at radius 3 is 2.36 bits per heavy atom. The lowest BCUT2D eigenvalue weighted by Gasteiger charge is -2.35. The van der Waals surface area contributed by atoms with Gasteiger partial charge >= 0.3 is 0 Å². The standard InChI is InChI=1S/C12H23NO/c1-8(2)9-3-4-10(7-9)13-11-5-6-12(11)14/h8-14H,3-7H2,1-2H3/t9?,10?,11-,12-/m1/s1. The first-order valence-corrected chi connectivity index (χ1v) is 6.11. The second-order valence-electron chi connectivity index (χ2n) is 5.43. The van der Waals surface area contributed by atoms with E-state index >= 15 is 0 Å². The Labute approximate surface area is 87.1 Å². The highest BCUT2D eigenvalue weighted by Crippen LogP contribution is 2.32. The van der Waals surface area contributed by atoms with E-state index in [4.69, 9.17) is 0 Å². The van der Waals surface area contributed by atoms with Gasteiger partial charge in [0.25, 0.3) is 0 Å². The molecule has 0 aliphatic heterocycles. The molecule has 0 bridgehead atoms. The zero-order valence-corrected chi connectivity index (χ0v) is 9.37. The first kappa shape index (κ1) is 10.4. The van der Waals surface area contributed by atoms with Gasteiger partial charge in [-0.15, -0.1) is 0 Å². The van der Waals surface area contributed by atoms with Crippen LogP contribution in [0.4, 0.5) is 0 Å². The second-order valence-corrected chi connectivity index (χ2v) is 5.43. The predicted octanol–water partition coefficient (Wildman–Crippen LogP) is 1.92. The summed E-state index contributed by atoms with van der Waals surface area (Å²) in [5.41, 5.74) is 0. The van der Waals surface area contributed by atoms with Crippen molar-refractivity contribution in [2.75, 3.05) is 0 Å². The SMILES string of the molecule is CC(C)C1CCC(N[C@@H]2CC[C@H]2O)C1. The van der Waals surface area contributed by atoms with Crippen LogP contribution in [-0.4, -0.2) is 23.3 Å². The van der Waals surface area contributed by atoms with Crippen LogP contribution in [0, 0.1) is 11.8 Å². The Morgan fingerprint density at radius 1 is 1.14 bits per heavy atom. The van der Waals surface area contributed by atoms with E-state index in [0.717, 1.165) is 18.3 Å². The Kier molecular flexibility index (Phi) is 3.13. The third-order valence-electron chi connectivity index (χ3n) is 4.10. The minimum Gasteiger partial charge on any atom is -0.392 e. The van der Waals surface area contributed by atoms with Crippen LogP contribution in [0.3, 0.4) is 0 Å². The van der Waals surface area contributed by atoms with E-state index in [1.807, 2.05) is 0 Å². The molecule has 2 aliphatic carbocycles. The third kappa shape index (κ3) is 2.12. The summed E-state index contributed by atoms with van der Waals surface area (Å²) < 4.78 is 0. The fraction of sp³-hybridized carbons (Fsp3) is 1.00. The van der Waals surface area contributed by atoms with E-state index in [0.29, 0.717) is 12.1 Å². The molecule has 0 aromatic carbocycles. The van der Waals surface area contributed by atoms with Crippen molar-refractivity contribution in [2.24, 2.45) is 11.8 Å². The predicted molar refractivity (Wildman–Crippen MR) is 58.1 cm³/mol. The van der Waals surface area contributed by atoms with Gasteiger partial charge in [0.15, 0.2) is 0 Å². The molecule has 2 rings (SSSR count). The van der Waals surface area contributed by atoms with Crippen molar-refractivity contribution >= 4 is 0 Å². The molecule has 0 aromatic rings. The van der Waals surface area contributed by atoms with Gasteiger partial charge in [0.05, 0.1) is 6.10 Å². The van der Waals surface area contributed by atoms with Crippen LogP contribution in [0.1, 0.15) is 46.0 Å². The topological polar surface area (TPSA) is 32.3 Å². The van der Waals surface area contributed by atoms with Gasteiger partial charge in [-0.2, -0.15) is 0 Å². The summed E-state index contributed by atoms with van der Waals surface area (Å²) in [7, 11) is 0. The monoisotopic (exact) mass is 197 g/mol. The summed E-state index contributed by atoms with van der Waals surface area (Å²) >= 11 is 0. The molecule has 2 nitrogen and oxygen atoms in total. The lowest BCUT2D eigenvalue weighted by molar-refractivity contribution is 0.0439. The molecule has 82 valence electrons. The second kappa shape index (κ2) is 4.19. The molecule has 0 radical (unpaired) electrons. The number of hydrogen-bond donors (Lipinski definition) is 2. The molecular formula is C12H23NO. The van der Waals surface area contributed by atoms with E-state index in [2.05, 4.69) is 19.2 Å². The molecule has 0 amide bonds. The van der Waals surface area contributed by atoms with Gasteiger partial charge in [-0.25, -0.2) is 0 Å². The molecule has 0 spiro atoms. The van der Waals surface area contributed by atoms with Gasteiger partial charge in [0, 0.05) is 12.1 Å². The third-order valence-corrected chi connectivity index (χ3v) is 4.10. The number of aliphatic hydroxyl groups excluding tert-OH is 1. The minimum atomic E-state index is -0.0619. The molecule has 2 saturated carbocycles. The van der Waals surface area contributed by atoms with Crippen molar-refractivity contribution in [1.82, 2.24) is 5.32 Å². The van der Waals surface area contributed by atoms with Crippen LogP contribution in [0.15, 0.2) is 0 Å². The Morgan fingerprint density at radius 2 is 1.93 bits per heavy atom. The van der Waals surface area contributed by atoms with E-state index in [-0.39, 0.29) is 6.10 Å². The molecule has 2 heteroatoms. The summed E-state index contributed by atoms with van der Waals surface area (Å²) in [5.74, 6) is 1.73. The zero-order valence-electron chi connectivity index (χ0n) is 9.37. The van der Waals surface area contributed by atoms with Gasteiger partial charge in [-0.05, 0) is 43.9 Å². The maximum absolute atomic E-state index is 9.48. The average Bonchev–Trinajstić information content (AvgIpc) is 2.60. The van der Waals surface area contributed by atoms with Crippen molar-refractivity contribution in [1.29, 1.82) is 0 Å². The fourth-order valence-electron chi connectivity index (χ4n) is 2.75. The summed E-state index contributed by atoms with van der Waals surface area (Å²) in [6, 6.07) is 1.09. The van der Waals surface area contributed by atoms with Crippen LogP contribution in [0.2, 0.25) is 0 Å². The molecule has 2 fully saturated rings. The van der Waals surface area contributed by atoms with Crippen LogP contribution in [0.5, 0.6) is 0 Å². The first-order valence-electron chi connectivity index (χ1n) is 6.11. The van der Waals surface area contributed by atoms with E-state index in [1.165, 1.54) is 25.7 Å². The minimum absolute atomic E-state index is 0.0619. The van der Waals surface area contributed by atoms with Crippen LogP contribution in [0.25, 0.3) is 0 Å². The fourth-order valence-corrected chi connectivity index (χ4v) is 2.75. The molecular weight excluding hydrogens is 174 g/mol. The lowest BCUT2D eigenvalue weighted by Crippen LogP contribution is -2.51. The van der Waals surface area contributed by atoms with Gasteiger partial charge < -0.3 is 10.4 Å². The summed E-state index contributed by atoms with van der Waals surface area (Å²) in [4.78, 5) is 0. The van der Waals surface area contributed by atoms with E-state index in [1.54, 1.807) is 0 Å². The maximum Gasteiger partial charge on any atom is 0.0693 e. The maximum atomic E-state index is 9.48. The zero-order chi connectivity index (χ0) is 10.1. The summed E-state index contributed by atoms with van der Waals surface area (Å²) in [6.07, 6.45) is 6.11. The number of aliphatic hydroxyl groups is 1. The van der Waals surface area contributed by atoms with Crippen molar-refractivity contribution in [3.8, 4) is 0 Å². The Bertz CT molecular complexity index is 193. The number of nitrogens with one attached hydrogen (secondary N) is 1. The molecule has 2 unspecified atom stereocenters. The van der Waals surface area contributed by atoms with E-state index in [9.17, 15) is 5.11 Å². The van der Waals surface area contributed by atoms with Crippen LogP contribution >= 0.6 is 0 Å². The van der Waals surface area contributed by atoms with Crippen molar-refractivity contribution in [2.45, 2.75) is 64.1 Å². The molecule has 2 N–H and O–H groups in total. The van der Waals surface area contributed by atoms with Gasteiger partial charge in [0.1, 0.15) is 0 Å². The van der Waals surface area contributed by atoms with Crippen molar-refractivity contribution < 1.29 is 5.11 Å². The van der Waals surface area contributed by atoms with Gasteiger partial charge in [-0.1, -0.05) is 13.8 Å². The van der Waals surface area contributed by atoms with Crippen molar-refractivity contribution in [3.63, 3.8) is 0 Å². The summed E-state index contributed by atoms with van der Waals surface area (Å²) in [5, 5.41) is 13.1. The highest BCUT2D eigenvalue weighted by Gasteiger charge is 2.33. The number of rotatable bonds is 3. The number of hydrogen-bond acceptors (Lipinski definition) is 2. The smallest absolute Gasteiger partial charge is 0.0693 e. The average molecular weight is 197 g/mol. The molecule has 0 saturated heterocycles. The molecule has 0 aromatic heterocycles. The van der Waals surface area contributed by atoms with Gasteiger partial charge in [-0.3, -0.25) is 0 Å². The lowest BCUT2D eigenvalue weighted by atomic mass is 9.88. The molecule has 4 atom stereocenters. The molecule has 14 heavy (non-hydrogen) atoms. The van der Waals surface area contributed by atoms with Crippen molar-refractivity contribution in [3.05, 3.63) is 0 Å². The summed E-state index contributed by atoms with van der Waals surface area (Å²) in [6.45, 7) is 4.65. The first-order chi connectivity index (χ1) is 6.66. The Balaban J connectivity index is 1.73. The highest BCUT2D eigenvalue weighted by molar-refractivity contribution is 4.91. The van der Waals surface area contributed by atoms with Gasteiger partial charge in [0.2, 0.25) is 0 Å². The molecule has 2 aliphatic rings.